The lowest BCUT2D eigenvalue weighted by atomic mass is 9.35. The van der Waals surface area contributed by atoms with E-state index < -0.39 is 0 Å². The van der Waals surface area contributed by atoms with Gasteiger partial charge in [0.05, 0.1) is 17.0 Å². The van der Waals surface area contributed by atoms with Crippen molar-refractivity contribution in [3.05, 3.63) is 165 Å². The molecule has 0 atom stereocenters. The van der Waals surface area contributed by atoms with Crippen LogP contribution in [-0.4, -0.2) is 6.71 Å². The van der Waals surface area contributed by atoms with E-state index in [0.29, 0.717) is 0 Å². The highest BCUT2D eigenvalue weighted by atomic mass is 16.3. The number of fused-ring (bicyclic) bond motifs is 10. The average molecular weight is 1130 g/mol. The second kappa shape index (κ2) is 17.9. The van der Waals surface area contributed by atoms with Crippen LogP contribution < -0.4 is 31.3 Å². The molecule has 3 heterocycles. The van der Waals surface area contributed by atoms with Crippen LogP contribution in [-0.2, 0) is 54.1 Å². The molecular formula is C80H98BN3O. The van der Waals surface area contributed by atoms with Gasteiger partial charge in [-0.05, 0) is 235 Å². The van der Waals surface area contributed by atoms with Gasteiger partial charge in [0.1, 0.15) is 5.76 Å². The largest absolute Gasteiger partial charge is 0.472 e. The maximum Gasteiger partial charge on any atom is 0.297 e. The first-order valence-corrected chi connectivity index (χ1v) is 33.0. The number of rotatable bonds is 5. The Morgan fingerprint density at radius 2 is 0.741 bits per heavy atom. The van der Waals surface area contributed by atoms with Crippen molar-refractivity contribution < 1.29 is 4.42 Å². The fourth-order valence-corrected chi connectivity index (χ4v) is 17.7. The van der Waals surface area contributed by atoms with Gasteiger partial charge in [0.15, 0.2) is 0 Å². The second-order valence-electron chi connectivity index (χ2n) is 34.7. The molecule has 4 nitrogen and oxygen atoms in total. The zero-order valence-electron chi connectivity index (χ0n) is 55.8. The van der Waals surface area contributed by atoms with Crippen LogP contribution in [0.1, 0.15) is 259 Å². The first-order valence-electron chi connectivity index (χ1n) is 33.0. The van der Waals surface area contributed by atoms with E-state index in [2.05, 4.69) is 262 Å². The summed E-state index contributed by atoms with van der Waals surface area (Å²) in [5, 5.41) is 0. The van der Waals surface area contributed by atoms with Crippen molar-refractivity contribution in [2.45, 2.75) is 257 Å². The summed E-state index contributed by atoms with van der Waals surface area (Å²) in [6.45, 7) is 49.5. The number of hydrogen-bond acceptors (Lipinski definition) is 4. The van der Waals surface area contributed by atoms with Gasteiger partial charge in [-0.1, -0.05) is 181 Å². The third-order valence-electron chi connectivity index (χ3n) is 24.1. The lowest BCUT2D eigenvalue weighted by Crippen LogP contribution is -2.61. The van der Waals surface area contributed by atoms with Crippen molar-refractivity contribution >= 4 is 74.5 Å². The molecule has 442 valence electrons. The quantitative estimate of drug-likeness (QED) is 0.160. The van der Waals surface area contributed by atoms with Crippen LogP contribution in [0.5, 0.6) is 0 Å². The standard InChI is InChI=1S/C80H98BN3O/c1-71(2)32-35-74(7,8)57-42-50(26-29-54(57)71)82(49-24-22-21-23-25-49)53-45-64-67-65(46-53)84(52-28-31-56-59(44-52)76(11,12)37-34-73(56,5)6)68-66-69(80(19,20)41-40-79(66,17)18)85-70(68)81(67)62-47-60-61(78(15,16)39-38-77(60,13)14)48-63(62)83(64)51-27-30-55-58(43-51)75(9,10)36-33-72(55,3)4/h21-31,42-48H,32-41H2,1-20H3. The SMILES string of the molecule is CC1(C)CCC(C)(C)c2cc(N(c3ccccc3)c3cc4c5c(c3)N(c3ccc6c(c3)C(C)(C)CCC6(C)C)c3c(oc6c3C(C)(C)CCC6(C)C)B5c3cc5c(cc3N4c3ccc4c(c3)C(C)(C)CCC4(C)C)C(C)(C)CCC5(C)C)ccc21. The number of nitrogens with zero attached hydrogens (tertiary/aromatic N) is 3. The monoisotopic (exact) mass is 1130 g/mol. The molecular weight excluding hydrogens is 1030 g/mol. The predicted octanol–water partition coefficient (Wildman–Crippen LogP) is 20.6. The summed E-state index contributed by atoms with van der Waals surface area (Å²) in [4.78, 5) is 8.12. The van der Waals surface area contributed by atoms with E-state index in [4.69, 9.17) is 4.42 Å². The topological polar surface area (TPSA) is 22.9 Å². The lowest BCUT2D eigenvalue weighted by Gasteiger charge is -2.48. The van der Waals surface area contributed by atoms with Gasteiger partial charge in [0, 0.05) is 50.8 Å². The normalized spacial score (nSPS) is 22.8. The van der Waals surface area contributed by atoms with E-state index in [1.54, 1.807) is 0 Å². The molecule has 14 rings (SSSR count). The van der Waals surface area contributed by atoms with Gasteiger partial charge >= 0.3 is 0 Å². The molecule has 7 aromatic rings. The Kier molecular flexibility index (Phi) is 12.0. The van der Waals surface area contributed by atoms with Gasteiger partial charge in [-0.3, -0.25) is 0 Å². The van der Waals surface area contributed by atoms with Gasteiger partial charge in [-0.25, -0.2) is 0 Å². The van der Waals surface area contributed by atoms with Crippen molar-refractivity contribution in [2.75, 3.05) is 14.7 Å². The predicted molar refractivity (Wildman–Crippen MR) is 364 cm³/mol. The van der Waals surface area contributed by atoms with Crippen molar-refractivity contribution in [1.82, 2.24) is 0 Å². The number of para-hydroxylation sites is 1. The minimum Gasteiger partial charge on any atom is -0.472 e. The Morgan fingerprint density at radius 1 is 0.341 bits per heavy atom. The van der Waals surface area contributed by atoms with Gasteiger partial charge in [-0.15, -0.1) is 0 Å². The highest BCUT2D eigenvalue weighted by Gasteiger charge is 2.54. The molecule has 85 heavy (non-hydrogen) atoms. The summed E-state index contributed by atoms with van der Waals surface area (Å²) in [5.41, 5.74) is 27.9. The summed E-state index contributed by atoms with van der Waals surface area (Å²) in [5.74, 6) is 1.17. The molecule has 0 radical (unpaired) electrons. The fourth-order valence-electron chi connectivity index (χ4n) is 17.7. The van der Waals surface area contributed by atoms with Gasteiger partial charge < -0.3 is 19.1 Å². The molecule has 0 N–H and O–H groups in total. The van der Waals surface area contributed by atoms with E-state index >= 15 is 0 Å². The highest BCUT2D eigenvalue weighted by molar-refractivity contribution is 6.99. The lowest BCUT2D eigenvalue weighted by molar-refractivity contribution is 0.282. The van der Waals surface area contributed by atoms with Crippen molar-refractivity contribution in [3.8, 4) is 0 Å². The van der Waals surface area contributed by atoms with Crippen LogP contribution in [0, 0.1) is 0 Å². The minimum absolute atomic E-state index is 0.00345. The molecule has 0 fully saturated rings. The summed E-state index contributed by atoms with van der Waals surface area (Å²) in [7, 11) is 0. The fraction of sp³-hybridized carbons (Fsp3) is 0.500. The Morgan fingerprint density at radius 3 is 1.25 bits per heavy atom. The van der Waals surface area contributed by atoms with E-state index in [0.717, 1.165) is 62.0 Å². The zero-order chi connectivity index (χ0) is 60.5. The average Bonchev–Trinajstić information content (AvgIpc) is 1.68. The van der Waals surface area contributed by atoms with Crippen molar-refractivity contribution in [3.63, 3.8) is 0 Å². The van der Waals surface area contributed by atoms with Crippen LogP contribution in [0.3, 0.4) is 0 Å². The number of anilines is 9. The van der Waals surface area contributed by atoms with Crippen LogP contribution in [0.15, 0.2) is 114 Å². The molecule has 0 saturated carbocycles. The Labute approximate surface area is 512 Å². The van der Waals surface area contributed by atoms with E-state index in [1.165, 1.54) is 126 Å². The number of benzene rings is 6. The van der Waals surface area contributed by atoms with Crippen molar-refractivity contribution in [1.29, 1.82) is 0 Å². The minimum atomic E-state index is -0.169. The van der Waals surface area contributed by atoms with Gasteiger partial charge in [0.25, 0.3) is 6.71 Å². The molecule has 0 amide bonds. The first-order chi connectivity index (χ1) is 39.6. The number of furan rings is 1. The van der Waals surface area contributed by atoms with E-state index in [1.807, 2.05) is 0 Å². The van der Waals surface area contributed by atoms with Gasteiger partial charge in [0.2, 0.25) is 0 Å². The molecule has 5 heteroatoms. The van der Waals surface area contributed by atoms with Crippen LogP contribution >= 0.6 is 0 Å². The Balaban J connectivity index is 1.16. The summed E-state index contributed by atoms with van der Waals surface area (Å²) in [6.07, 6.45) is 11.4. The molecule has 2 aliphatic heterocycles. The molecule has 0 bridgehead atoms. The zero-order valence-corrected chi connectivity index (χ0v) is 55.8. The summed E-state index contributed by atoms with van der Waals surface area (Å²) < 4.78 is 8.06. The third kappa shape index (κ3) is 8.39. The number of hydrogen-bond donors (Lipinski definition) is 0. The molecule has 0 saturated heterocycles. The molecule has 0 unspecified atom stereocenters. The third-order valence-corrected chi connectivity index (χ3v) is 24.1. The first kappa shape index (κ1) is 56.8. The Hall–Kier alpha value is -5.94. The second-order valence-corrected chi connectivity index (χ2v) is 34.7. The van der Waals surface area contributed by atoms with Crippen molar-refractivity contribution in [2.24, 2.45) is 0 Å². The summed E-state index contributed by atoms with van der Waals surface area (Å²) >= 11 is 0. The van der Waals surface area contributed by atoms with Crippen LogP contribution in [0.25, 0.3) is 0 Å². The molecule has 6 aromatic carbocycles. The maximum atomic E-state index is 8.06. The smallest absolute Gasteiger partial charge is 0.297 e. The van der Waals surface area contributed by atoms with Gasteiger partial charge in [-0.2, -0.15) is 0 Å². The molecule has 7 aliphatic rings. The molecule has 5 aliphatic carbocycles. The highest BCUT2D eigenvalue weighted by Crippen LogP contribution is 2.59. The van der Waals surface area contributed by atoms with E-state index in [-0.39, 0.29) is 60.9 Å². The Bertz CT molecular complexity index is 3940. The molecule has 0 spiro atoms. The van der Waals surface area contributed by atoms with E-state index in [9.17, 15) is 0 Å². The van der Waals surface area contributed by atoms with Crippen LogP contribution in [0.2, 0.25) is 0 Å². The summed E-state index contributed by atoms with van der Waals surface area (Å²) in [6, 6.07) is 44.7. The molecule has 1 aromatic heterocycles. The van der Waals surface area contributed by atoms with Crippen LogP contribution in [0.4, 0.5) is 51.2 Å². The maximum absolute atomic E-state index is 8.06.